The van der Waals surface area contributed by atoms with Gasteiger partial charge in [-0.15, -0.1) is 0 Å². The maximum atomic E-state index is 3.70. The van der Waals surface area contributed by atoms with Gasteiger partial charge in [-0.3, -0.25) is 0 Å². The van der Waals surface area contributed by atoms with Crippen LogP contribution >= 0.6 is 0 Å². The first kappa shape index (κ1) is 17.2. The van der Waals surface area contributed by atoms with E-state index in [0.717, 1.165) is 18.4 Å². The first-order valence-corrected chi connectivity index (χ1v) is 8.23. The highest BCUT2D eigenvalue weighted by Gasteiger charge is 2.17. The van der Waals surface area contributed by atoms with Crippen molar-refractivity contribution in [3.05, 3.63) is 35.9 Å². The minimum Gasteiger partial charge on any atom is -0.312 e. The van der Waals surface area contributed by atoms with Gasteiger partial charge in [0.1, 0.15) is 0 Å². The van der Waals surface area contributed by atoms with Gasteiger partial charge in [0.05, 0.1) is 0 Å². The Morgan fingerprint density at radius 1 is 0.950 bits per heavy atom. The predicted octanol–water partition coefficient (Wildman–Crippen LogP) is 5.06. The zero-order chi connectivity index (χ0) is 15.0. The summed E-state index contributed by atoms with van der Waals surface area (Å²) in [5.74, 6) is 1.60. The van der Waals surface area contributed by atoms with E-state index >= 15 is 0 Å². The van der Waals surface area contributed by atoms with Gasteiger partial charge in [0.2, 0.25) is 0 Å². The molecule has 1 atom stereocenters. The average Bonchev–Trinajstić information content (AvgIpc) is 2.42. The highest BCUT2D eigenvalue weighted by Crippen LogP contribution is 2.22. The van der Waals surface area contributed by atoms with Crippen LogP contribution < -0.4 is 5.32 Å². The standard InChI is InChI=1S/C19H33N/c1-6-16(7-2)13-18(15-20-19(3,4)5)14-17-11-9-8-10-12-17/h8-12,16,18,20H,6-7,13-15H2,1-5H3. The number of hydrogen-bond donors (Lipinski definition) is 1. The predicted molar refractivity (Wildman–Crippen MR) is 90.1 cm³/mol. The molecule has 0 bridgehead atoms. The number of benzene rings is 1. The van der Waals surface area contributed by atoms with Crippen molar-refractivity contribution in [2.45, 2.75) is 65.8 Å². The van der Waals surface area contributed by atoms with Crippen molar-refractivity contribution in [2.24, 2.45) is 11.8 Å². The van der Waals surface area contributed by atoms with Gasteiger partial charge in [-0.2, -0.15) is 0 Å². The van der Waals surface area contributed by atoms with Gasteiger partial charge in [-0.25, -0.2) is 0 Å². The molecule has 0 spiro atoms. The summed E-state index contributed by atoms with van der Waals surface area (Å²) in [7, 11) is 0. The number of hydrogen-bond acceptors (Lipinski definition) is 1. The Bertz CT molecular complexity index is 346. The highest BCUT2D eigenvalue weighted by molar-refractivity contribution is 5.15. The van der Waals surface area contributed by atoms with E-state index in [9.17, 15) is 0 Å². The molecule has 1 nitrogen and oxygen atoms in total. The van der Waals surface area contributed by atoms with E-state index in [0.29, 0.717) is 0 Å². The highest BCUT2D eigenvalue weighted by atomic mass is 14.9. The summed E-state index contributed by atoms with van der Waals surface area (Å²) in [5.41, 5.74) is 1.68. The number of nitrogens with one attached hydrogen (secondary N) is 1. The molecule has 0 saturated carbocycles. The number of rotatable bonds is 8. The van der Waals surface area contributed by atoms with Crippen molar-refractivity contribution in [2.75, 3.05) is 6.54 Å². The Morgan fingerprint density at radius 2 is 1.55 bits per heavy atom. The molecule has 1 aromatic rings. The topological polar surface area (TPSA) is 12.0 Å². The molecule has 0 radical (unpaired) electrons. The third-order valence-corrected chi connectivity index (χ3v) is 4.11. The zero-order valence-electron chi connectivity index (χ0n) is 14.1. The van der Waals surface area contributed by atoms with E-state index in [4.69, 9.17) is 0 Å². The van der Waals surface area contributed by atoms with Crippen molar-refractivity contribution in [1.82, 2.24) is 5.32 Å². The van der Waals surface area contributed by atoms with Crippen LogP contribution in [0, 0.1) is 11.8 Å². The second-order valence-corrected chi connectivity index (χ2v) is 7.10. The van der Waals surface area contributed by atoms with E-state index in [2.05, 4.69) is 70.3 Å². The van der Waals surface area contributed by atoms with Crippen molar-refractivity contribution >= 4 is 0 Å². The van der Waals surface area contributed by atoms with Crippen molar-refractivity contribution in [1.29, 1.82) is 0 Å². The molecule has 114 valence electrons. The van der Waals surface area contributed by atoms with E-state index in [-0.39, 0.29) is 5.54 Å². The molecule has 1 unspecified atom stereocenters. The largest absolute Gasteiger partial charge is 0.312 e. The Hall–Kier alpha value is -0.820. The third kappa shape index (κ3) is 7.09. The van der Waals surface area contributed by atoms with Crippen LogP contribution in [-0.4, -0.2) is 12.1 Å². The van der Waals surface area contributed by atoms with Crippen molar-refractivity contribution in [3.63, 3.8) is 0 Å². The molecule has 0 aliphatic rings. The van der Waals surface area contributed by atoms with Gasteiger partial charge in [-0.05, 0) is 57.6 Å². The van der Waals surface area contributed by atoms with Crippen LogP contribution in [0.2, 0.25) is 0 Å². The first-order chi connectivity index (χ1) is 9.44. The quantitative estimate of drug-likeness (QED) is 0.699. The average molecular weight is 275 g/mol. The van der Waals surface area contributed by atoms with Crippen LogP contribution in [0.5, 0.6) is 0 Å². The Balaban J connectivity index is 2.63. The molecule has 0 fully saturated rings. The molecule has 20 heavy (non-hydrogen) atoms. The Labute approximate surface area is 126 Å². The smallest absolute Gasteiger partial charge is 0.00966 e. The Morgan fingerprint density at radius 3 is 2.05 bits per heavy atom. The summed E-state index contributed by atoms with van der Waals surface area (Å²) in [6.07, 6.45) is 5.14. The Kier molecular flexibility index (Phi) is 7.29. The molecule has 1 aromatic carbocycles. The molecule has 1 rings (SSSR count). The third-order valence-electron chi connectivity index (χ3n) is 4.11. The summed E-state index contributed by atoms with van der Waals surface area (Å²) in [6, 6.07) is 10.9. The molecule has 0 aliphatic carbocycles. The van der Waals surface area contributed by atoms with E-state index < -0.39 is 0 Å². The lowest BCUT2D eigenvalue weighted by molar-refractivity contribution is 0.306. The van der Waals surface area contributed by atoms with Crippen LogP contribution in [0.4, 0.5) is 0 Å². The lowest BCUT2D eigenvalue weighted by Gasteiger charge is -2.27. The summed E-state index contributed by atoms with van der Waals surface area (Å²) >= 11 is 0. The lowest BCUT2D eigenvalue weighted by Crippen LogP contribution is -2.40. The molecular formula is C19H33N. The van der Waals surface area contributed by atoms with Crippen LogP contribution in [0.15, 0.2) is 30.3 Å². The molecule has 1 N–H and O–H groups in total. The SMILES string of the molecule is CCC(CC)CC(CNC(C)(C)C)Cc1ccccc1. The molecular weight excluding hydrogens is 242 g/mol. The lowest BCUT2D eigenvalue weighted by atomic mass is 9.86. The van der Waals surface area contributed by atoms with Gasteiger partial charge in [-0.1, -0.05) is 57.0 Å². The fourth-order valence-corrected chi connectivity index (χ4v) is 2.73. The fourth-order valence-electron chi connectivity index (χ4n) is 2.73. The van der Waals surface area contributed by atoms with Gasteiger partial charge in [0.15, 0.2) is 0 Å². The molecule has 0 amide bonds. The summed E-state index contributed by atoms with van der Waals surface area (Å²) < 4.78 is 0. The fraction of sp³-hybridized carbons (Fsp3) is 0.684. The zero-order valence-corrected chi connectivity index (χ0v) is 14.1. The summed E-state index contributed by atoms with van der Waals surface area (Å²) in [6.45, 7) is 12.5. The molecule has 0 aliphatic heterocycles. The molecule has 1 heteroatoms. The molecule has 0 aromatic heterocycles. The van der Waals surface area contributed by atoms with Crippen LogP contribution in [0.25, 0.3) is 0 Å². The second kappa shape index (κ2) is 8.46. The van der Waals surface area contributed by atoms with E-state index in [1.807, 2.05) is 0 Å². The van der Waals surface area contributed by atoms with Crippen LogP contribution in [-0.2, 0) is 6.42 Å². The van der Waals surface area contributed by atoms with Gasteiger partial charge in [0.25, 0.3) is 0 Å². The van der Waals surface area contributed by atoms with Crippen LogP contribution in [0.3, 0.4) is 0 Å². The maximum absolute atomic E-state index is 3.70. The van der Waals surface area contributed by atoms with Crippen molar-refractivity contribution in [3.8, 4) is 0 Å². The normalized spacial score (nSPS) is 13.7. The molecule has 0 heterocycles. The minimum absolute atomic E-state index is 0.211. The molecule has 0 saturated heterocycles. The summed E-state index contributed by atoms with van der Waals surface area (Å²) in [5, 5.41) is 3.70. The van der Waals surface area contributed by atoms with Gasteiger partial charge in [0, 0.05) is 5.54 Å². The minimum atomic E-state index is 0.211. The van der Waals surface area contributed by atoms with Crippen molar-refractivity contribution < 1.29 is 0 Å². The van der Waals surface area contributed by atoms with Gasteiger partial charge >= 0.3 is 0 Å². The van der Waals surface area contributed by atoms with E-state index in [1.54, 1.807) is 0 Å². The first-order valence-electron chi connectivity index (χ1n) is 8.23. The summed E-state index contributed by atoms with van der Waals surface area (Å²) in [4.78, 5) is 0. The monoisotopic (exact) mass is 275 g/mol. The second-order valence-electron chi connectivity index (χ2n) is 7.10. The van der Waals surface area contributed by atoms with E-state index in [1.165, 1.54) is 31.2 Å². The maximum Gasteiger partial charge on any atom is 0.00966 e. The van der Waals surface area contributed by atoms with Crippen LogP contribution in [0.1, 0.15) is 59.4 Å². The van der Waals surface area contributed by atoms with Gasteiger partial charge < -0.3 is 5.32 Å².